The summed E-state index contributed by atoms with van der Waals surface area (Å²) in [6.07, 6.45) is 0.407. The smallest absolute Gasteiger partial charge is 0.234 e. The molecule has 0 unspecified atom stereocenters. The Morgan fingerprint density at radius 1 is 0.800 bits per heavy atom. The molecule has 0 saturated carbocycles. The molecule has 8 heteroatoms. The summed E-state index contributed by atoms with van der Waals surface area (Å²) >= 11 is 1.23. The Morgan fingerprint density at radius 3 is 2.09 bits per heavy atom. The summed E-state index contributed by atoms with van der Waals surface area (Å²) in [6, 6.07) is 25.0. The van der Waals surface area contributed by atoms with E-state index >= 15 is 0 Å². The SMILES string of the molecule is CCC(=O)Nc1ccc(NC(=O)CSc2nnc(-c3ccccc3)c(-c3ccccc3)n2)cc1C. The van der Waals surface area contributed by atoms with Gasteiger partial charge in [0.1, 0.15) is 11.4 Å². The number of aromatic nitrogens is 3. The molecule has 2 amide bonds. The second kappa shape index (κ2) is 11.4. The summed E-state index contributed by atoms with van der Waals surface area (Å²) in [5, 5.41) is 14.9. The predicted molar refractivity (Wildman–Crippen MR) is 140 cm³/mol. The lowest BCUT2D eigenvalue weighted by molar-refractivity contribution is -0.116. The quantitative estimate of drug-likeness (QED) is 0.317. The molecule has 1 heterocycles. The van der Waals surface area contributed by atoms with E-state index in [1.54, 1.807) is 19.1 Å². The van der Waals surface area contributed by atoms with Crippen LogP contribution in [-0.2, 0) is 9.59 Å². The first-order chi connectivity index (χ1) is 17.0. The Morgan fingerprint density at radius 2 is 1.46 bits per heavy atom. The summed E-state index contributed by atoms with van der Waals surface area (Å²) in [7, 11) is 0. The van der Waals surface area contributed by atoms with Crippen molar-refractivity contribution >= 4 is 35.0 Å². The van der Waals surface area contributed by atoms with E-state index in [1.165, 1.54) is 11.8 Å². The maximum absolute atomic E-state index is 12.6. The molecule has 0 bridgehead atoms. The van der Waals surface area contributed by atoms with Crippen molar-refractivity contribution in [2.24, 2.45) is 0 Å². The van der Waals surface area contributed by atoms with Gasteiger partial charge < -0.3 is 10.6 Å². The van der Waals surface area contributed by atoms with Crippen molar-refractivity contribution in [1.82, 2.24) is 15.2 Å². The fraction of sp³-hybridized carbons (Fsp3) is 0.148. The van der Waals surface area contributed by atoms with Crippen LogP contribution in [0.3, 0.4) is 0 Å². The molecular formula is C27H25N5O2S. The number of rotatable bonds is 8. The summed E-state index contributed by atoms with van der Waals surface area (Å²) in [5.74, 6) is -0.103. The van der Waals surface area contributed by atoms with Gasteiger partial charge in [0.2, 0.25) is 17.0 Å². The Hall–Kier alpha value is -4.04. The van der Waals surface area contributed by atoms with E-state index < -0.39 is 0 Å². The maximum Gasteiger partial charge on any atom is 0.234 e. The van der Waals surface area contributed by atoms with Crippen LogP contribution in [0.4, 0.5) is 11.4 Å². The summed E-state index contributed by atoms with van der Waals surface area (Å²) < 4.78 is 0. The van der Waals surface area contributed by atoms with Gasteiger partial charge in [-0.1, -0.05) is 79.3 Å². The average molecular weight is 484 g/mol. The minimum absolute atomic E-state index is 0.0527. The molecule has 0 atom stereocenters. The lowest BCUT2D eigenvalue weighted by atomic mass is 10.0. The van der Waals surface area contributed by atoms with Crippen LogP contribution in [0.2, 0.25) is 0 Å². The Labute approximate surface area is 208 Å². The van der Waals surface area contributed by atoms with E-state index in [9.17, 15) is 9.59 Å². The van der Waals surface area contributed by atoms with Crippen molar-refractivity contribution in [1.29, 1.82) is 0 Å². The summed E-state index contributed by atoms with van der Waals surface area (Å²) in [4.78, 5) is 28.9. The Bertz CT molecular complexity index is 1330. The van der Waals surface area contributed by atoms with E-state index in [0.29, 0.717) is 23.0 Å². The third kappa shape index (κ3) is 6.30. The van der Waals surface area contributed by atoms with Gasteiger partial charge in [-0.05, 0) is 30.7 Å². The topological polar surface area (TPSA) is 96.9 Å². The van der Waals surface area contributed by atoms with E-state index in [-0.39, 0.29) is 17.6 Å². The van der Waals surface area contributed by atoms with Crippen molar-refractivity contribution in [3.8, 4) is 22.5 Å². The van der Waals surface area contributed by atoms with Gasteiger partial charge in [0.05, 0.1) is 5.75 Å². The van der Waals surface area contributed by atoms with Crippen LogP contribution in [0.5, 0.6) is 0 Å². The molecule has 4 aromatic rings. The molecule has 2 N–H and O–H groups in total. The Balaban J connectivity index is 1.46. The molecule has 0 aliphatic carbocycles. The number of carbonyl (C=O) groups excluding carboxylic acids is 2. The number of carbonyl (C=O) groups is 2. The number of aryl methyl sites for hydroxylation is 1. The molecule has 4 rings (SSSR count). The van der Waals surface area contributed by atoms with Crippen molar-refractivity contribution in [3.05, 3.63) is 84.4 Å². The van der Waals surface area contributed by atoms with Gasteiger partial charge in [-0.2, -0.15) is 0 Å². The van der Waals surface area contributed by atoms with Crippen molar-refractivity contribution in [2.75, 3.05) is 16.4 Å². The van der Waals surface area contributed by atoms with Gasteiger partial charge in [0.25, 0.3) is 0 Å². The van der Waals surface area contributed by atoms with Crippen LogP contribution >= 0.6 is 11.8 Å². The zero-order chi connectivity index (χ0) is 24.6. The predicted octanol–water partition coefficient (Wildman–Crippen LogP) is 5.59. The van der Waals surface area contributed by atoms with Crippen LogP contribution in [-0.4, -0.2) is 32.7 Å². The molecule has 0 saturated heterocycles. The Kier molecular flexibility index (Phi) is 7.84. The van der Waals surface area contributed by atoms with E-state index in [4.69, 9.17) is 4.98 Å². The first-order valence-electron chi connectivity index (χ1n) is 11.2. The lowest BCUT2D eigenvalue weighted by Gasteiger charge is -2.11. The molecule has 1 aromatic heterocycles. The van der Waals surface area contributed by atoms with E-state index in [1.807, 2.05) is 73.7 Å². The van der Waals surface area contributed by atoms with Crippen LogP contribution in [0, 0.1) is 6.92 Å². The second-order valence-electron chi connectivity index (χ2n) is 7.79. The van der Waals surface area contributed by atoms with Gasteiger partial charge in [-0.3, -0.25) is 9.59 Å². The molecule has 3 aromatic carbocycles. The first kappa shape index (κ1) is 24.1. The van der Waals surface area contributed by atoms with Crippen molar-refractivity contribution in [3.63, 3.8) is 0 Å². The van der Waals surface area contributed by atoms with E-state index in [2.05, 4.69) is 20.8 Å². The van der Waals surface area contributed by atoms with E-state index in [0.717, 1.165) is 28.1 Å². The highest BCUT2D eigenvalue weighted by Gasteiger charge is 2.15. The third-order valence-corrected chi connectivity index (χ3v) is 6.04. The number of nitrogens with one attached hydrogen (secondary N) is 2. The number of benzene rings is 3. The molecule has 0 fully saturated rings. The minimum atomic E-state index is -0.184. The summed E-state index contributed by atoms with van der Waals surface area (Å²) in [6.45, 7) is 3.68. The molecule has 0 aliphatic heterocycles. The largest absolute Gasteiger partial charge is 0.326 e. The lowest BCUT2D eigenvalue weighted by Crippen LogP contribution is -2.15. The number of hydrogen-bond donors (Lipinski definition) is 2. The second-order valence-corrected chi connectivity index (χ2v) is 8.73. The highest BCUT2D eigenvalue weighted by atomic mass is 32.2. The molecule has 0 spiro atoms. The standard InChI is InChI=1S/C27H25N5O2S/c1-3-23(33)29-22-15-14-21(16-18(22)2)28-24(34)17-35-27-30-25(19-10-6-4-7-11-19)26(31-32-27)20-12-8-5-9-13-20/h4-16H,3,17H2,1-2H3,(H,28,34)(H,29,33). The van der Waals surface area contributed by atoms with Crippen LogP contribution in [0.25, 0.3) is 22.5 Å². The summed E-state index contributed by atoms with van der Waals surface area (Å²) in [5.41, 5.74) is 5.52. The molecule has 176 valence electrons. The monoisotopic (exact) mass is 483 g/mol. The van der Waals surface area contributed by atoms with Gasteiger partial charge in [0, 0.05) is 28.9 Å². The molecule has 0 radical (unpaired) electrons. The van der Waals surface area contributed by atoms with Gasteiger partial charge in [-0.15, -0.1) is 10.2 Å². The molecule has 35 heavy (non-hydrogen) atoms. The third-order valence-electron chi connectivity index (χ3n) is 5.20. The number of anilines is 2. The first-order valence-corrected chi connectivity index (χ1v) is 12.2. The van der Waals surface area contributed by atoms with Crippen LogP contribution in [0.15, 0.2) is 84.0 Å². The van der Waals surface area contributed by atoms with Crippen LogP contribution in [0.1, 0.15) is 18.9 Å². The molecular weight excluding hydrogens is 458 g/mol. The van der Waals surface area contributed by atoms with Crippen LogP contribution < -0.4 is 10.6 Å². The molecule has 0 aliphatic rings. The number of thioether (sulfide) groups is 1. The van der Waals surface area contributed by atoms with Gasteiger partial charge in [0.15, 0.2) is 0 Å². The average Bonchev–Trinajstić information content (AvgIpc) is 2.90. The fourth-order valence-corrected chi connectivity index (χ4v) is 3.99. The molecule has 7 nitrogen and oxygen atoms in total. The van der Waals surface area contributed by atoms with Gasteiger partial charge in [-0.25, -0.2) is 4.98 Å². The van der Waals surface area contributed by atoms with Crippen molar-refractivity contribution < 1.29 is 9.59 Å². The number of amides is 2. The normalized spacial score (nSPS) is 10.6. The number of hydrogen-bond acceptors (Lipinski definition) is 6. The highest BCUT2D eigenvalue weighted by Crippen LogP contribution is 2.29. The number of nitrogens with zero attached hydrogens (tertiary/aromatic N) is 3. The zero-order valence-electron chi connectivity index (χ0n) is 19.5. The zero-order valence-corrected chi connectivity index (χ0v) is 20.3. The van der Waals surface area contributed by atoms with Gasteiger partial charge >= 0.3 is 0 Å². The van der Waals surface area contributed by atoms with Crippen molar-refractivity contribution in [2.45, 2.75) is 25.4 Å². The highest BCUT2D eigenvalue weighted by molar-refractivity contribution is 7.99. The minimum Gasteiger partial charge on any atom is -0.326 e. The maximum atomic E-state index is 12.6. The fourth-order valence-electron chi connectivity index (χ4n) is 3.41.